The first kappa shape index (κ1) is 16.3. The van der Waals surface area contributed by atoms with Crippen molar-refractivity contribution in [3.8, 4) is 0 Å². The molecule has 0 aliphatic rings. The van der Waals surface area contributed by atoms with E-state index in [1.807, 2.05) is 6.07 Å². The lowest BCUT2D eigenvalue weighted by atomic mass is 10.1. The number of carbonyl (C=O) groups excluding carboxylic acids is 1. The molecular formula is C14H23N3O3. The van der Waals surface area contributed by atoms with Crippen LogP contribution < -0.4 is 16.4 Å². The molecule has 1 aromatic carbocycles. The SMILES string of the molecule is COCCCN(CCOC)c1cccc(C(N)=O)c1N. The Kier molecular flexibility index (Phi) is 6.83. The van der Waals surface area contributed by atoms with E-state index in [1.165, 1.54) is 0 Å². The number of carbonyl (C=O) groups is 1. The normalized spacial score (nSPS) is 10.5. The molecule has 20 heavy (non-hydrogen) atoms. The van der Waals surface area contributed by atoms with Gasteiger partial charge in [-0.1, -0.05) is 6.07 Å². The lowest BCUT2D eigenvalue weighted by Crippen LogP contribution is -2.30. The number of nitrogen functional groups attached to an aromatic ring is 1. The number of ether oxygens (including phenoxy) is 2. The molecular weight excluding hydrogens is 258 g/mol. The van der Waals surface area contributed by atoms with Gasteiger partial charge in [-0.3, -0.25) is 4.79 Å². The van der Waals surface area contributed by atoms with Crippen LogP contribution in [-0.2, 0) is 9.47 Å². The van der Waals surface area contributed by atoms with Crippen LogP contribution in [0.5, 0.6) is 0 Å². The minimum absolute atomic E-state index is 0.344. The van der Waals surface area contributed by atoms with Gasteiger partial charge in [0.2, 0.25) is 0 Å². The largest absolute Gasteiger partial charge is 0.396 e. The van der Waals surface area contributed by atoms with E-state index >= 15 is 0 Å². The summed E-state index contributed by atoms with van der Waals surface area (Å²) < 4.78 is 10.2. The van der Waals surface area contributed by atoms with Gasteiger partial charge in [0.1, 0.15) is 0 Å². The van der Waals surface area contributed by atoms with Crippen LogP contribution in [0.15, 0.2) is 18.2 Å². The number of methoxy groups -OCH3 is 2. The molecule has 0 saturated carbocycles. The Morgan fingerprint density at radius 2 is 1.90 bits per heavy atom. The second kappa shape index (κ2) is 8.39. The number of para-hydroxylation sites is 1. The predicted molar refractivity (Wildman–Crippen MR) is 80.0 cm³/mol. The third kappa shape index (κ3) is 4.40. The first-order chi connectivity index (χ1) is 9.61. The Morgan fingerprint density at radius 1 is 1.20 bits per heavy atom. The molecule has 1 aromatic rings. The summed E-state index contributed by atoms with van der Waals surface area (Å²) >= 11 is 0. The highest BCUT2D eigenvalue weighted by Crippen LogP contribution is 2.26. The molecule has 1 rings (SSSR count). The number of hydrogen-bond acceptors (Lipinski definition) is 5. The molecule has 6 heteroatoms. The zero-order valence-corrected chi connectivity index (χ0v) is 12.1. The molecule has 0 unspecified atom stereocenters. The van der Waals surface area contributed by atoms with Crippen molar-refractivity contribution in [2.24, 2.45) is 5.73 Å². The molecule has 0 bridgehead atoms. The number of benzene rings is 1. The summed E-state index contributed by atoms with van der Waals surface area (Å²) in [5.41, 5.74) is 12.9. The average Bonchev–Trinajstić information content (AvgIpc) is 2.43. The van der Waals surface area contributed by atoms with Crippen LogP contribution in [0.3, 0.4) is 0 Å². The van der Waals surface area contributed by atoms with Gasteiger partial charge in [-0.05, 0) is 18.6 Å². The summed E-state index contributed by atoms with van der Waals surface area (Å²) in [6, 6.07) is 5.29. The topological polar surface area (TPSA) is 90.8 Å². The molecule has 0 aromatic heterocycles. The highest BCUT2D eigenvalue weighted by atomic mass is 16.5. The van der Waals surface area contributed by atoms with Crippen LogP contribution in [-0.4, -0.2) is 46.4 Å². The average molecular weight is 281 g/mol. The monoisotopic (exact) mass is 281 g/mol. The third-order valence-corrected chi connectivity index (χ3v) is 3.03. The van der Waals surface area contributed by atoms with E-state index in [1.54, 1.807) is 26.4 Å². The quantitative estimate of drug-likeness (QED) is 0.517. The summed E-state index contributed by atoms with van der Waals surface area (Å²) in [4.78, 5) is 13.4. The van der Waals surface area contributed by atoms with Gasteiger partial charge in [0.05, 0.1) is 23.5 Å². The van der Waals surface area contributed by atoms with E-state index < -0.39 is 5.91 Å². The van der Waals surface area contributed by atoms with Crippen molar-refractivity contribution in [1.29, 1.82) is 0 Å². The second-order valence-electron chi connectivity index (χ2n) is 4.43. The fourth-order valence-corrected chi connectivity index (χ4v) is 2.00. The highest BCUT2D eigenvalue weighted by Gasteiger charge is 2.14. The van der Waals surface area contributed by atoms with E-state index in [4.69, 9.17) is 20.9 Å². The molecule has 0 aliphatic carbocycles. The molecule has 0 heterocycles. The van der Waals surface area contributed by atoms with Crippen molar-refractivity contribution in [2.75, 3.05) is 51.2 Å². The van der Waals surface area contributed by atoms with Gasteiger partial charge in [-0.2, -0.15) is 0 Å². The minimum atomic E-state index is -0.520. The van der Waals surface area contributed by atoms with Crippen molar-refractivity contribution >= 4 is 17.3 Å². The van der Waals surface area contributed by atoms with Crippen LogP contribution in [0.1, 0.15) is 16.8 Å². The Hall–Kier alpha value is -1.79. The molecule has 0 radical (unpaired) electrons. The lowest BCUT2D eigenvalue weighted by Gasteiger charge is -2.26. The second-order valence-corrected chi connectivity index (χ2v) is 4.43. The minimum Gasteiger partial charge on any atom is -0.396 e. The van der Waals surface area contributed by atoms with Gasteiger partial charge in [-0.15, -0.1) is 0 Å². The maximum absolute atomic E-state index is 11.4. The molecule has 0 spiro atoms. The summed E-state index contributed by atoms with van der Waals surface area (Å²) in [5, 5.41) is 0. The van der Waals surface area contributed by atoms with E-state index in [-0.39, 0.29) is 0 Å². The first-order valence-corrected chi connectivity index (χ1v) is 6.53. The number of nitrogens with two attached hydrogens (primary N) is 2. The fraction of sp³-hybridized carbons (Fsp3) is 0.500. The zero-order chi connectivity index (χ0) is 15.0. The van der Waals surface area contributed by atoms with Crippen molar-refractivity contribution in [1.82, 2.24) is 0 Å². The Morgan fingerprint density at radius 3 is 2.50 bits per heavy atom. The van der Waals surface area contributed by atoms with E-state index in [9.17, 15) is 4.79 Å². The van der Waals surface area contributed by atoms with Crippen molar-refractivity contribution in [3.63, 3.8) is 0 Å². The van der Waals surface area contributed by atoms with Gasteiger partial charge in [-0.25, -0.2) is 0 Å². The smallest absolute Gasteiger partial charge is 0.250 e. The Balaban J connectivity index is 2.93. The zero-order valence-electron chi connectivity index (χ0n) is 12.1. The van der Waals surface area contributed by atoms with Crippen LogP contribution >= 0.6 is 0 Å². The van der Waals surface area contributed by atoms with E-state index in [0.717, 1.165) is 18.7 Å². The Bertz CT molecular complexity index is 438. The lowest BCUT2D eigenvalue weighted by molar-refractivity contribution is 0.100. The molecule has 1 amide bonds. The highest BCUT2D eigenvalue weighted by molar-refractivity contribution is 6.00. The van der Waals surface area contributed by atoms with Crippen LogP contribution in [0.4, 0.5) is 11.4 Å². The number of primary amides is 1. The van der Waals surface area contributed by atoms with Gasteiger partial charge in [0.25, 0.3) is 5.91 Å². The standard InChI is InChI=1S/C14H23N3O3/c1-19-9-4-7-17(8-10-20-2)12-6-3-5-11(13(12)15)14(16)18/h3,5-6H,4,7-10,15H2,1-2H3,(H2,16,18). The van der Waals surface area contributed by atoms with Gasteiger partial charge < -0.3 is 25.8 Å². The van der Waals surface area contributed by atoms with Crippen LogP contribution in [0.2, 0.25) is 0 Å². The summed E-state index contributed by atoms with van der Waals surface area (Å²) in [7, 11) is 3.32. The molecule has 6 nitrogen and oxygen atoms in total. The van der Waals surface area contributed by atoms with E-state index in [0.29, 0.717) is 31.0 Å². The number of anilines is 2. The number of hydrogen-bond donors (Lipinski definition) is 2. The van der Waals surface area contributed by atoms with Gasteiger partial charge in [0, 0.05) is 33.9 Å². The summed E-state index contributed by atoms with van der Waals surface area (Å²) in [5.74, 6) is -0.520. The molecule has 0 fully saturated rings. The maximum Gasteiger partial charge on any atom is 0.250 e. The summed E-state index contributed by atoms with van der Waals surface area (Å²) in [6.45, 7) is 2.70. The Labute approximate surface area is 119 Å². The molecule has 0 atom stereocenters. The maximum atomic E-state index is 11.4. The third-order valence-electron chi connectivity index (χ3n) is 3.03. The summed E-state index contributed by atoms with van der Waals surface area (Å²) in [6.07, 6.45) is 0.862. The fourth-order valence-electron chi connectivity index (χ4n) is 2.00. The number of rotatable bonds is 9. The molecule has 0 saturated heterocycles. The predicted octanol–water partition coefficient (Wildman–Crippen LogP) is 0.857. The molecule has 0 aliphatic heterocycles. The van der Waals surface area contributed by atoms with Crippen molar-refractivity contribution in [3.05, 3.63) is 23.8 Å². The van der Waals surface area contributed by atoms with Gasteiger partial charge in [0.15, 0.2) is 0 Å². The van der Waals surface area contributed by atoms with Crippen LogP contribution in [0, 0.1) is 0 Å². The number of amides is 1. The first-order valence-electron chi connectivity index (χ1n) is 6.53. The van der Waals surface area contributed by atoms with Crippen molar-refractivity contribution < 1.29 is 14.3 Å². The van der Waals surface area contributed by atoms with E-state index in [2.05, 4.69) is 4.90 Å². The van der Waals surface area contributed by atoms with Crippen molar-refractivity contribution in [2.45, 2.75) is 6.42 Å². The number of nitrogens with zero attached hydrogens (tertiary/aromatic N) is 1. The molecule has 112 valence electrons. The van der Waals surface area contributed by atoms with Gasteiger partial charge >= 0.3 is 0 Å². The molecule has 4 N–H and O–H groups in total. The van der Waals surface area contributed by atoms with Crippen LogP contribution in [0.25, 0.3) is 0 Å².